The van der Waals surface area contributed by atoms with Gasteiger partial charge in [0.1, 0.15) is 12.3 Å². The molecule has 1 fully saturated rings. The number of aromatic nitrogens is 2. The first-order chi connectivity index (χ1) is 19.4. The largest absolute Gasteiger partial charge is 0.471 e. The molecule has 238 valence electrons. The van der Waals surface area contributed by atoms with Crippen molar-refractivity contribution in [3.05, 3.63) is 38.7 Å². The van der Waals surface area contributed by atoms with Gasteiger partial charge in [-0.05, 0) is 60.5 Å². The molecule has 2 amide bonds. The summed E-state index contributed by atoms with van der Waals surface area (Å²) < 4.78 is 55.9. The van der Waals surface area contributed by atoms with Crippen LogP contribution in [-0.4, -0.2) is 70.6 Å². The Hall–Kier alpha value is -2.97. The average Bonchev–Trinajstić information content (AvgIpc) is 3.23. The molecule has 1 aliphatic heterocycles. The van der Waals surface area contributed by atoms with Crippen molar-refractivity contribution in [3.8, 4) is 0 Å². The minimum Gasteiger partial charge on any atom is -0.373 e. The van der Waals surface area contributed by atoms with Crippen molar-refractivity contribution in [1.82, 2.24) is 20.2 Å². The molecule has 0 bridgehead atoms. The van der Waals surface area contributed by atoms with Crippen LogP contribution in [0.3, 0.4) is 0 Å². The van der Waals surface area contributed by atoms with Crippen molar-refractivity contribution >= 4 is 17.9 Å². The van der Waals surface area contributed by atoms with Crippen molar-refractivity contribution in [2.24, 2.45) is 0 Å². The van der Waals surface area contributed by atoms with Gasteiger partial charge in [0.15, 0.2) is 0 Å². The smallest absolute Gasteiger partial charge is 0.373 e. The molecule has 11 nitrogen and oxygen atoms in total. The van der Waals surface area contributed by atoms with Crippen LogP contribution >= 0.6 is 0 Å². The lowest BCUT2D eigenvalue weighted by Gasteiger charge is -2.29. The SMILES string of the molecule is CC(C)(C)OCC1O[C@@H](n2cc(/C=C/C(=O)NCCCCCCNC(=O)C(F)(F)F)c(=O)[nH]c2=O)C[C@H]1OC(C)(C)C. The summed E-state index contributed by atoms with van der Waals surface area (Å²) in [7, 11) is 0. The number of ether oxygens (including phenoxy) is 3. The Kier molecular flexibility index (Phi) is 12.6. The second kappa shape index (κ2) is 15.0. The van der Waals surface area contributed by atoms with E-state index in [0.29, 0.717) is 38.6 Å². The number of aromatic amines is 1. The van der Waals surface area contributed by atoms with E-state index in [1.807, 2.05) is 41.5 Å². The molecular formula is C28H43F3N4O7. The topological polar surface area (TPSA) is 141 Å². The Bertz CT molecular complexity index is 1200. The maximum atomic E-state index is 12.7. The van der Waals surface area contributed by atoms with E-state index in [1.54, 1.807) is 5.32 Å². The lowest BCUT2D eigenvalue weighted by atomic mass is 10.1. The van der Waals surface area contributed by atoms with Crippen LogP contribution in [0.25, 0.3) is 6.08 Å². The molecule has 1 aliphatic rings. The van der Waals surface area contributed by atoms with Crippen LogP contribution < -0.4 is 21.9 Å². The van der Waals surface area contributed by atoms with Crippen molar-refractivity contribution in [2.75, 3.05) is 19.7 Å². The number of hydrogen-bond acceptors (Lipinski definition) is 7. The van der Waals surface area contributed by atoms with Crippen molar-refractivity contribution in [1.29, 1.82) is 0 Å². The number of unbranched alkanes of at least 4 members (excludes halogenated alkanes) is 3. The van der Waals surface area contributed by atoms with Gasteiger partial charge < -0.3 is 24.8 Å². The summed E-state index contributed by atoms with van der Waals surface area (Å²) in [5.41, 5.74) is -2.10. The molecule has 2 rings (SSSR count). The highest BCUT2D eigenvalue weighted by molar-refractivity contribution is 5.91. The second-order valence-corrected chi connectivity index (χ2v) is 12.1. The third-order valence-corrected chi connectivity index (χ3v) is 6.03. The number of hydrogen-bond donors (Lipinski definition) is 3. The normalized spacial score (nSPS) is 19.8. The van der Waals surface area contributed by atoms with E-state index in [2.05, 4.69) is 10.3 Å². The maximum absolute atomic E-state index is 12.7. The maximum Gasteiger partial charge on any atom is 0.471 e. The Morgan fingerprint density at radius 1 is 1.02 bits per heavy atom. The van der Waals surface area contributed by atoms with E-state index in [9.17, 15) is 32.3 Å². The Morgan fingerprint density at radius 3 is 2.21 bits per heavy atom. The van der Waals surface area contributed by atoms with Gasteiger partial charge in [0.05, 0.1) is 29.5 Å². The quantitative estimate of drug-likeness (QED) is 0.232. The average molecular weight is 605 g/mol. The van der Waals surface area contributed by atoms with E-state index in [0.717, 1.165) is 0 Å². The molecule has 1 aromatic heterocycles. The number of amides is 2. The van der Waals surface area contributed by atoms with Gasteiger partial charge in [-0.15, -0.1) is 0 Å². The molecular weight excluding hydrogens is 561 g/mol. The van der Waals surface area contributed by atoms with Gasteiger partial charge >= 0.3 is 17.8 Å². The summed E-state index contributed by atoms with van der Waals surface area (Å²) in [6.45, 7) is 12.0. The second-order valence-electron chi connectivity index (χ2n) is 12.1. The van der Waals surface area contributed by atoms with Gasteiger partial charge in [-0.25, -0.2) is 4.79 Å². The molecule has 1 saturated heterocycles. The zero-order chi connectivity index (χ0) is 31.7. The fraction of sp³-hybridized carbons (Fsp3) is 0.714. The molecule has 0 aromatic carbocycles. The first-order valence-electron chi connectivity index (χ1n) is 14.0. The monoisotopic (exact) mass is 604 g/mol. The van der Waals surface area contributed by atoms with Crippen LogP contribution in [-0.2, 0) is 23.8 Å². The number of carbonyl (C=O) groups is 2. The predicted octanol–water partition coefficient (Wildman–Crippen LogP) is 3.19. The number of alkyl halides is 3. The molecule has 3 N–H and O–H groups in total. The number of halogens is 3. The Morgan fingerprint density at radius 2 is 1.64 bits per heavy atom. The number of carbonyl (C=O) groups excluding carboxylic acids is 2. The molecule has 3 atom stereocenters. The van der Waals surface area contributed by atoms with Crippen LogP contribution in [0.1, 0.15) is 85.4 Å². The van der Waals surface area contributed by atoms with Crippen LogP contribution in [0.5, 0.6) is 0 Å². The lowest BCUT2D eigenvalue weighted by molar-refractivity contribution is -0.173. The minimum atomic E-state index is -4.89. The molecule has 0 spiro atoms. The van der Waals surface area contributed by atoms with E-state index < -0.39 is 52.8 Å². The standard InChI is InChI=1S/C28H43F3N4O7/c1-26(2,3)40-17-20-19(42-27(4,5)6)15-22(41-20)35-16-18(23(37)34-25(35)39)11-12-21(36)32-13-9-7-8-10-14-33-24(38)28(29,30)31/h11-12,16,19-20,22H,7-10,13-15,17H2,1-6H3,(H,32,36)(H,33,38)(H,34,37,39)/b12-11+/t19-,20?,22-/m1/s1. The molecule has 14 heteroatoms. The number of nitrogens with one attached hydrogen (secondary N) is 3. The molecule has 42 heavy (non-hydrogen) atoms. The Labute approximate surface area is 243 Å². The van der Waals surface area contributed by atoms with Crippen LogP contribution in [0, 0.1) is 0 Å². The van der Waals surface area contributed by atoms with Gasteiger partial charge in [0.2, 0.25) is 5.91 Å². The fourth-order valence-electron chi connectivity index (χ4n) is 4.11. The highest BCUT2D eigenvalue weighted by atomic mass is 19.4. The molecule has 0 radical (unpaired) electrons. The first kappa shape index (κ1) is 35.2. The van der Waals surface area contributed by atoms with Crippen molar-refractivity contribution in [2.45, 2.75) is 109 Å². The summed E-state index contributed by atoms with van der Waals surface area (Å²) in [5, 5.41) is 4.47. The van der Waals surface area contributed by atoms with Crippen LogP contribution in [0.15, 0.2) is 21.9 Å². The van der Waals surface area contributed by atoms with Crippen molar-refractivity contribution < 1.29 is 37.0 Å². The number of rotatable bonds is 13. The zero-order valence-electron chi connectivity index (χ0n) is 25.1. The van der Waals surface area contributed by atoms with Gasteiger partial charge in [-0.3, -0.25) is 23.9 Å². The minimum absolute atomic E-state index is 0.0777. The zero-order valence-corrected chi connectivity index (χ0v) is 25.1. The fourth-order valence-corrected chi connectivity index (χ4v) is 4.11. The van der Waals surface area contributed by atoms with Crippen LogP contribution in [0.2, 0.25) is 0 Å². The molecule has 2 heterocycles. The van der Waals surface area contributed by atoms with E-state index >= 15 is 0 Å². The van der Waals surface area contributed by atoms with Gasteiger partial charge in [0.25, 0.3) is 5.56 Å². The highest BCUT2D eigenvalue weighted by Gasteiger charge is 2.40. The van der Waals surface area contributed by atoms with Gasteiger partial charge in [-0.1, -0.05) is 12.8 Å². The predicted molar refractivity (Wildman–Crippen MR) is 150 cm³/mol. The summed E-state index contributed by atoms with van der Waals surface area (Å²) in [5.74, 6) is -2.42. The number of H-pyrrole nitrogens is 1. The molecule has 0 aliphatic carbocycles. The van der Waals surface area contributed by atoms with Gasteiger partial charge in [0, 0.05) is 31.8 Å². The lowest BCUT2D eigenvalue weighted by Crippen LogP contribution is -2.37. The van der Waals surface area contributed by atoms with E-state index in [1.165, 1.54) is 22.9 Å². The molecule has 1 aromatic rings. The summed E-state index contributed by atoms with van der Waals surface area (Å²) in [4.78, 5) is 50.3. The highest BCUT2D eigenvalue weighted by Crippen LogP contribution is 2.33. The molecule has 0 saturated carbocycles. The van der Waals surface area contributed by atoms with Crippen LogP contribution in [0.4, 0.5) is 13.2 Å². The summed E-state index contributed by atoms with van der Waals surface area (Å²) in [6.07, 6.45) is -0.0880. The Balaban J connectivity index is 1.93. The van der Waals surface area contributed by atoms with E-state index in [-0.39, 0.29) is 24.8 Å². The molecule has 1 unspecified atom stereocenters. The van der Waals surface area contributed by atoms with Gasteiger partial charge in [-0.2, -0.15) is 13.2 Å². The van der Waals surface area contributed by atoms with Crippen molar-refractivity contribution in [3.63, 3.8) is 0 Å². The third-order valence-electron chi connectivity index (χ3n) is 6.03. The number of nitrogens with zero attached hydrogens (tertiary/aromatic N) is 1. The summed E-state index contributed by atoms with van der Waals surface area (Å²) in [6, 6.07) is 0. The summed E-state index contributed by atoms with van der Waals surface area (Å²) >= 11 is 0. The first-order valence-corrected chi connectivity index (χ1v) is 14.0. The van der Waals surface area contributed by atoms with E-state index in [4.69, 9.17) is 14.2 Å². The third kappa shape index (κ3) is 12.5.